The zero-order chi connectivity index (χ0) is 15.2. The van der Waals surface area contributed by atoms with E-state index in [2.05, 4.69) is 28.7 Å². The topological polar surface area (TPSA) is 46.1 Å². The molecule has 0 N–H and O–H groups in total. The number of aldehydes is 1. The summed E-state index contributed by atoms with van der Waals surface area (Å²) >= 11 is 1.47. The van der Waals surface area contributed by atoms with Gasteiger partial charge in [-0.3, -0.25) is 9.78 Å². The summed E-state index contributed by atoms with van der Waals surface area (Å²) in [4.78, 5) is 23.0. The van der Waals surface area contributed by atoms with Gasteiger partial charge in [-0.1, -0.05) is 31.3 Å². The molecule has 0 aliphatic heterocycles. The van der Waals surface area contributed by atoms with Crippen LogP contribution in [0.5, 0.6) is 0 Å². The summed E-state index contributed by atoms with van der Waals surface area (Å²) in [5.74, 6) is 0.319. The highest BCUT2D eigenvalue weighted by Gasteiger charge is 2.17. The van der Waals surface area contributed by atoms with Crippen molar-refractivity contribution >= 4 is 22.8 Å². The Morgan fingerprint density at radius 2 is 2.24 bits per heavy atom. The molecule has 0 aliphatic rings. The molecule has 0 bridgehead atoms. The molecule has 0 radical (unpaired) electrons. The van der Waals surface area contributed by atoms with Crippen molar-refractivity contribution in [3.63, 3.8) is 0 Å². The number of hydrogen-bond acceptors (Lipinski definition) is 5. The fraction of sp³-hybridized carbons (Fsp3) is 0.438. The quantitative estimate of drug-likeness (QED) is 0.734. The molecule has 21 heavy (non-hydrogen) atoms. The second-order valence-corrected chi connectivity index (χ2v) is 6.17. The van der Waals surface area contributed by atoms with Crippen molar-refractivity contribution in [1.29, 1.82) is 0 Å². The van der Waals surface area contributed by atoms with Gasteiger partial charge < -0.3 is 4.90 Å². The highest BCUT2D eigenvalue weighted by molar-refractivity contribution is 7.17. The van der Waals surface area contributed by atoms with Crippen molar-refractivity contribution in [3.8, 4) is 0 Å². The van der Waals surface area contributed by atoms with E-state index in [0.29, 0.717) is 5.92 Å². The molecular weight excluding hydrogens is 282 g/mol. The molecular formula is C16H21N3OS. The molecule has 0 fully saturated rings. The monoisotopic (exact) mass is 303 g/mol. The zero-order valence-electron chi connectivity index (χ0n) is 12.7. The van der Waals surface area contributed by atoms with Crippen LogP contribution in [0.4, 0.5) is 5.13 Å². The van der Waals surface area contributed by atoms with Crippen molar-refractivity contribution in [2.45, 2.75) is 32.6 Å². The van der Waals surface area contributed by atoms with Crippen LogP contribution in [0.1, 0.15) is 47.2 Å². The maximum Gasteiger partial charge on any atom is 0.185 e. The smallest absolute Gasteiger partial charge is 0.185 e. The third-order valence-electron chi connectivity index (χ3n) is 3.61. The molecule has 0 spiro atoms. The van der Waals surface area contributed by atoms with Crippen molar-refractivity contribution in [3.05, 3.63) is 40.7 Å². The lowest BCUT2D eigenvalue weighted by molar-refractivity contribution is 0.112. The van der Waals surface area contributed by atoms with Gasteiger partial charge in [0.2, 0.25) is 0 Å². The molecule has 112 valence electrons. The fourth-order valence-electron chi connectivity index (χ4n) is 2.05. The minimum absolute atomic E-state index is 0.319. The van der Waals surface area contributed by atoms with E-state index in [-0.39, 0.29) is 0 Å². The van der Waals surface area contributed by atoms with Crippen LogP contribution in [0.25, 0.3) is 0 Å². The number of rotatable bonds is 7. The van der Waals surface area contributed by atoms with Gasteiger partial charge in [0.25, 0.3) is 0 Å². The van der Waals surface area contributed by atoms with Gasteiger partial charge in [0, 0.05) is 31.9 Å². The Hall–Kier alpha value is -1.75. The summed E-state index contributed by atoms with van der Waals surface area (Å²) in [6.07, 6.45) is 4.59. The number of hydrogen-bond donors (Lipinski definition) is 0. The van der Waals surface area contributed by atoms with E-state index in [4.69, 9.17) is 0 Å². The maximum absolute atomic E-state index is 11.2. The average molecular weight is 303 g/mol. The van der Waals surface area contributed by atoms with E-state index in [1.54, 1.807) is 0 Å². The lowest BCUT2D eigenvalue weighted by atomic mass is 10.0. The van der Waals surface area contributed by atoms with Gasteiger partial charge in [-0.25, -0.2) is 4.98 Å². The van der Waals surface area contributed by atoms with Crippen LogP contribution in [0.15, 0.2) is 24.4 Å². The third-order valence-corrected chi connectivity index (χ3v) is 4.72. The largest absolute Gasteiger partial charge is 0.351 e. The van der Waals surface area contributed by atoms with Gasteiger partial charge in [-0.15, -0.1) is 0 Å². The molecule has 2 aromatic heterocycles. The van der Waals surface area contributed by atoms with E-state index in [1.807, 2.05) is 31.4 Å². The van der Waals surface area contributed by atoms with Crippen LogP contribution in [-0.4, -0.2) is 29.8 Å². The summed E-state index contributed by atoms with van der Waals surface area (Å²) in [6.45, 7) is 5.06. The van der Waals surface area contributed by atoms with Crippen molar-refractivity contribution in [1.82, 2.24) is 9.97 Å². The van der Waals surface area contributed by atoms with Crippen LogP contribution < -0.4 is 4.90 Å². The van der Waals surface area contributed by atoms with Crippen LogP contribution in [-0.2, 0) is 6.42 Å². The maximum atomic E-state index is 11.2. The molecule has 2 rings (SSSR count). The Balaban J connectivity index is 2.07. The van der Waals surface area contributed by atoms with E-state index >= 15 is 0 Å². The Morgan fingerprint density at radius 3 is 2.86 bits per heavy atom. The van der Waals surface area contributed by atoms with E-state index in [1.165, 1.54) is 11.3 Å². The summed E-state index contributed by atoms with van der Waals surface area (Å²) in [5.41, 5.74) is 2.00. The average Bonchev–Trinajstić information content (AvgIpc) is 2.97. The van der Waals surface area contributed by atoms with Gasteiger partial charge >= 0.3 is 0 Å². The van der Waals surface area contributed by atoms with Gasteiger partial charge in [0.15, 0.2) is 11.4 Å². The van der Waals surface area contributed by atoms with Crippen molar-refractivity contribution in [2.75, 3.05) is 18.5 Å². The molecule has 0 amide bonds. The van der Waals surface area contributed by atoms with E-state index in [0.717, 1.165) is 47.1 Å². The molecule has 0 saturated heterocycles. The highest BCUT2D eigenvalue weighted by Crippen LogP contribution is 2.30. The molecule has 0 saturated carbocycles. The molecule has 0 aromatic carbocycles. The Bertz CT molecular complexity index is 582. The molecule has 2 heterocycles. The summed E-state index contributed by atoms with van der Waals surface area (Å²) in [7, 11) is 2.01. The molecule has 1 unspecified atom stereocenters. The number of likely N-dealkylation sites (N-methyl/N-ethyl adjacent to an activating group) is 1. The molecule has 4 nitrogen and oxygen atoms in total. The van der Waals surface area contributed by atoms with Crippen LogP contribution in [0.3, 0.4) is 0 Å². The first kappa shape index (κ1) is 15.6. The zero-order valence-corrected chi connectivity index (χ0v) is 13.6. The lowest BCUT2D eigenvalue weighted by Crippen LogP contribution is -2.20. The first-order chi connectivity index (χ1) is 10.2. The number of pyridine rings is 1. The number of thiazole rings is 1. The standard InChI is InChI=1S/C16H21N3OS/c1-4-12(2)15-14(11-20)21-16(18-15)19(3)10-8-13-7-5-6-9-17-13/h5-7,9,11-12H,4,8,10H2,1-3H3. The van der Waals surface area contributed by atoms with Crippen molar-refractivity contribution < 1.29 is 4.79 Å². The number of nitrogens with zero attached hydrogens (tertiary/aromatic N) is 3. The first-order valence-electron chi connectivity index (χ1n) is 7.22. The van der Waals surface area contributed by atoms with Gasteiger partial charge in [0.05, 0.1) is 10.6 Å². The number of aromatic nitrogens is 2. The highest BCUT2D eigenvalue weighted by atomic mass is 32.1. The van der Waals surface area contributed by atoms with Crippen LogP contribution >= 0.6 is 11.3 Å². The van der Waals surface area contributed by atoms with Gasteiger partial charge in [0.1, 0.15) is 0 Å². The molecule has 0 aliphatic carbocycles. The SMILES string of the molecule is CCC(C)c1nc(N(C)CCc2ccccn2)sc1C=O. The summed E-state index contributed by atoms with van der Waals surface area (Å²) < 4.78 is 0. The van der Waals surface area contributed by atoms with Gasteiger partial charge in [-0.2, -0.15) is 0 Å². The summed E-state index contributed by atoms with van der Waals surface area (Å²) in [6, 6.07) is 5.94. The van der Waals surface area contributed by atoms with Crippen LogP contribution in [0.2, 0.25) is 0 Å². The Labute approximate surface area is 129 Å². The third kappa shape index (κ3) is 3.88. The first-order valence-corrected chi connectivity index (χ1v) is 8.04. The lowest BCUT2D eigenvalue weighted by Gasteiger charge is -2.15. The minimum Gasteiger partial charge on any atom is -0.351 e. The molecule has 5 heteroatoms. The van der Waals surface area contributed by atoms with Crippen LogP contribution in [0, 0.1) is 0 Å². The second-order valence-electron chi connectivity index (χ2n) is 5.17. The summed E-state index contributed by atoms with van der Waals surface area (Å²) in [5, 5.41) is 0.906. The van der Waals surface area contributed by atoms with Crippen molar-refractivity contribution in [2.24, 2.45) is 0 Å². The second kappa shape index (κ2) is 7.31. The number of carbonyl (C=O) groups excluding carboxylic acids is 1. The molecule has 2 aromatic rings. The Kier molecular flexibility index (Phi) is 5.44. The van der Waals surface area contributed by atoms with E-state index < -0.39 is 0 Å². The fourth-order valence-corrected chi connectivity index (χ4v) is 3.04. The minimum atomic E-state index is 0.319. The predicted octanol–water partition coefficient (Wildman–Crippen LogP) is 3.54. The van der Waals surface area contributed by atoms with E-state index in [9.17, 15) is 4.79 Å². The number of anilines is 1. The predicted molar refractivity (Wildman–Crippen MR) is 87.4 cm³/mol. The molecule has 1 atom stereocenters. The van der Waals surface area contributed by atoms with Gasteiger partial charge in [-0.05, 0) is 24.5 Å². The number of carbonyl (C=O) groups is 1. The Morgan fingerprint density at radius 1 is 1.43 bits per heavy atom. The normalized spacial score (nSPS) is 12.1.